The molecule has 0 heterocycles. The van der Waals surface area contributed by atoms with Crippen LogP contribution in [0, 0.1) is 0 Å². The van der Waals surface area contributed by atoms with Crippen LogP contribution in [0.1, 0.15) is 37.1 Å². The lowest BCUT2D eigenvalue weighted by Gasteiger charge is -2.41. The SMILES string of the molecule is C[C@@H](NC(=O)[C@@H]([C@H](C(=O)N[C@H](C)c1ccccc1)[Si](C)(C)C)[Si](C)(C)C)c1ccccc1. The van der Waals surface area contributed by atoms with Crippen LogP contribution < -0.4 is 10.6 Å². The number of nitrogens with one attached hydrogen (secondary N) is 2. The van der Waals surface area contributed by atoms with E-state index in [1.165, 1.54) is 0 Å². The number of carbonyl (C=O) groups is 2. The first-order chi connectivity index (χ1) is 14.8. The van der Waals surface area contributed by atoms with Crippen LogP contribution in [0.5, 0.6) is 0 Å². The number of rotatable bonds is 9. The van der Waals surface area contributed by atoms with E-state index in [0.717, 1.165) is 11.1 Å². The summed E-state index contributed by atoms with van der Waals surface area (Å²) in [7, 11) is -4.04. The van der Waals surface area contributed by atoms with Gasteiger partial charge in [0.1, 0.15) is 0 Å². The molecule has 174 valence electrons. The van der Waals surface area contributed by atoms with Gasteiger partial charge in [-0.15, -0.1) is 0 Å². The van der Waals surface area contributed by atoms with Gasteiger partial charge < -0.3 is 10.6 Å². The topological polar surface area (TPSA) is 58.2 Å². The fraction of sp³-hybridized carbons (Fsp3) is 0.462. The second-order valence-corrected chi connectivity index (χ2v) is 21.7. The Balaban J connectivity index is 2.32. The van der Waals surface area contributed by atoms with Crippen molar-refractivity contribution in [3.05, 3.63) is 71.8 Å². The fourth-order valence-electron chi connectivity index (χ4n) is 4.35. The molecule has 0 unspecified atom stereocenters. The Labute approximate surface area is 196 Å². The Morgan fingerprint density at radius 3 is 1.12 bits per heavy atom. The van der Waals surface area contributed by atoms with E-state index in [2.05, 4.69) is 49.9 Å². The lowest BCUT2D eigenvalue weighted by atomic mass is 10.1. The molecule has 6 heteroatoms. The first-order valence-electron chi connectivity index (χ1n) is 11.5. The number of benzene rings is 2. The highest BCUT2D eigenvalue weighted by atomic mass is 28.3. The zero-order valence-corrected chi connectivity index (χ0v) is 22.9. The maximum absolute atomic E-state index is 13.7. The van der Waals surface area contributed by atoms with Crippen molar-refractivity contribution in [1.82, 2.24) is 10.6 Å². The molecule has 0 fully saturated rings. The van der Waals surface area contributed by atoms with Gasteiger partial charge in [0, 0.05) is 11.1 Å². The van der Waals surface area contributed by atoms with Gasteiger partial charge in [-0.2, -0.15) is 0 Å². The van der Waals surface area contributed by atoms with Crippen LogP contribution >= 0.6 is 0 Å². The number of hydrogen-bond donors (Lipinski definition) is 2. The van der Waals surface area contributed by atoms with Crippen molar-refractivity contribution in [1.29, 1.82) is 0 Å². The third kappa shape index (κ3) is 6.91. The minimum atomic E-state index is -2.02. The third-order valence-corrected chi connectivity index (χ3v) is 11.3. The molecule has 0 bridgehead atoms. The van der Waals surface area contributed by atoms with Gasteiger partial charge in [-0.05, 0) is 25.0 Å². The molecule has 0 aliphatic rings. The largest absolute Gasteiger partial charge is 0.350 e. The Kier molecular flexibility index (Phi) is 8.65. The molecule has 32 heavy (non-hydrogen) atoms. The Hall–Kier alpha value is -2.19. The highest BCUT2D eigenvalue weighted by Gasteiger charge is 2.49. The maximum atomic E-state index is 13.7. The second kappa shape index (κ2) is 10.6. The molecule has 2 rings (SSSR count). The molecule has 2 amide bonds. The molecule has 4 atom stereocenters. The van der Waals surface area contributed by atoms with Crippen molar-refractivity contribution in [2.24, 2.45) is 0 Å². The summed E-state index contributed by atoms with van der Waals surface area (Å²) in [4.78, 5) is 27.4. The van der Waals surface area contributed by atoms with Crippen molar-refractivity contribution in [2.45, 2.75) is 76.3 Å². The molecule has 2 N–H and O–H groups in total. The summed E-state index contributed by atoms with van der Waals surface area (Å²) in [5.74, 6) is 0.0194. The standard InChI is InChI=1S/C26H40N2O2Si2/c1-19(21-15-11-9-12-16-21)27-25(29)23(31(3,4)5)24(32(6,7)8)26(30)28-20(2)22-17-13-10-14-18-22/h9-20,23-24H,1-8H3,(H,27,29)(H,28,30)/t19-,20-,23-,24-/m1/s1. The maximum Gasteiger partial charge on any atom is 0.221 e. The smallest absolute Gasteiger partial charge is 0.221 e. The van der Waals surface area contributed by atoms with Gasteiger partial charge in [-0.1, -0.05) is 99.9 Å². The number of hydrogen-bond acceptors (Lipinski definition) is 2. The van der Waals surface area contributed by atoms with Crippen LogP contribution in [0.3, 0.4) is 0 Å². The summed E-state index contributed by atoms with van der Waals surface area (Å²) >= 11 is 0. The summed E-state index contributed by atoms with van der Waals surface area (Å²) < 4.78 is 0. The average molecular weight is 469 g/mol. The average Bonchev–Trinajstić information content (AvgIpc) is 2.71. The molecule has 4 nitrogen and oxygen atoms in total. The van der Waals surface area contributed by atoms with E-state index < -0.39 is 16.1 Å². The number of carbonyl (C=O) groups excluding carboxylic acids is 2. The molecule has 0 aliphatic carbocycles. The minimum Gasteiger partial charge on any atom is -0.350 e. The van der Waals surface area contributed by atoms with Crippen molar-refractivity contribution in [2.75, 3.05) is 0 Å². The van der Waals surface area contributed by atoms with Crippen LogP contribution in [0.2, 0.25) is 50.4 Å². The monoisotopic (exact) mass is 468 g/mol. The molecule has 2 aromatic rings. The predicted molar refractivity (Wildman–Crippen MR) is 140 cm³/mol. The molecule has 0 radical (unpaired) electrons. The predicted octanol–water partition coefficient (Wildman–Crippen LogP) is 6.16. The summed E-state index contributed by atoms with van der Waals surface area (Å²) in [5.41, 5.74) is 1.57. The molecular weight excluding hydrogens is 428 g/mol. The van der Waals surface area contributed by atoms with E-state index in [1.807, 2.05) is 74.5 Å². The van der Waals surface area contributed by atoms with Crippen molar-refractivity contribution < 1.29 is 9.59 Å². The van der Waals surface area contributed by atoms with Gasteiger partial charge in [-0.25, -0.2) is 0 Å². The first-order valence-corrected chi connectivity index (χ1v) is 18.7. The zero-order chi connectivity index (χ0) is 24.1. The van der Waals surface area contributed by atoms with Gasteiger partial charge in [0.25, 0.3) is 0 Å². The number of amides is 2. The highest BCUT2D eigenvalue weighted by Crippen LogP contribution is 2.42. The van der Waals surface area contributed by atoms with Crippen LogP contribution in [0.25, 0.3) is 0 Å². The van der Waals surface area contributed by atoms with Crippen LogP contribution in [0.15, 0.2) is 60.7 Å². The van der Waals surface area contributed by atoms with Gasteiger partial charge in [0.15, 0.2) is 0 Å². The van der Waals surface area contributed by atoms with Crippen LogP contribution in [0.4, 0.5) is 0 Å². The molecule has 2 aromatic carbocycles. The first kappa shape index (κ1) is 26.1. The fourth-order valence-corrected chi connectivity index (χ4v) is 11.4. The van der Waals surface area contributed by atoms with Crippen molar-refractivity contribution in [3.63, 3.8) is 0 Å². The van der Waals surface area contributed by atoms with E-state index >= 15 is 0 Å². The van der Waals surface area contributed by atoms with Gasteiger partial charge in [0.2, 0.25) is 11.8 Å². The summed E-state index contributed by atoms with van der Waals surface area (Å²) in [6, 6.07) is 19.8. The quantitative estimate of drug-likeness (QED) is 0.433. The third-order valence-electron chi connectivity index (χ3n) is 6.08. The van der Waals surface area contributed by atoms with Gasteiger partial charge >= 0.3 is 0 Å². The second-order valence-electron chi connectivity index (χ2n) is 11.0. The molecule has 0 spiro atoms. The van der Waals surface area contributed by atoms with Crippen LogP contribution in [-0.2, 0) is 9.59 Å². The van der Waals surface area contributed by atoms with E-state index in [4.69, 9.17) is 0 Å². The molecule has 0 saturated carbocycles. The van der Waals surface area contributed by atoms with E-state index in [9.17, 15) is 9.59 Å². The molecule has 0 aromatic heterocycles. The summed E-state index contributed by atoms with van der Waals surface area (Å²) in [6.45, 7) is 17.2. The molecule has 0 saturated heterocycles. The summed E-state index contributed by atoms with van der Waals surface area (Å²) in [5, 5.41) is 6.47. The van der Waals surface area contributed by atoms with Crippen molar-refractivity contribution in [3.8, 4) is 0 Å². The Bertz CT molecular complexity index is 814. The Morgan fingerprint density at radius 2 is 0.875 bits per heavy atom. The minimum absolute atomic E-state index is 0.00968. The lowest BCUT2D eigenvalue weighted by molar-refractivity contribution is -0.127. The van der Waals surface area contributed by atoms with E-state index in [-0.39, 0.29) is 35.0 Å². The zero-order valence-electron chi connectivity index (χ0n) is 20.9. The summed E-state index contributed by atoms with van der Waals surface area (Å²) in [6.07, 6.45) is 0. The lowest BCUT2D eigenvalue weighted by Crippen LogP contribution is -2.53. The highest BCUT2D eigenvalue weighted by molar-refractivity contribution is 6.87. The molecular formula is C26H40N2O2Si2. The van der Waals surface area contributed by atoms with E-state index in [1.54, 1.807) is 0 Å². The van der Waals surface area contributed by atoms with E-state index in [0.29, 0.717) is 0 Å². The normalized spacial score (nSPS) is 15.9. The molecule has 0 aliphatic heterocycles. The van der Waals surface area contributed by atoms with Crippen molar-refractivity contribution >= 4 is 28.0 Å². The van der Waals surface area contributed by atoms with Gasteiger partial charge in [0.05, 0.1) is 28.2 Å². The van der Waals surface area contributed by atoms with Crippen LogP contribution in [-0.4, -0.2) is 28.0 Å². The Morgan fingerprint density at radius 1 is 0.594 bits per heavy atom. The van der Waals surface area contributed by atoms with Gasteiger partial charge in [-0.3, -0.25) is 9.59 Å².